The molecule has 0 aliphatic carbocycles. The molecule has 0 amide bonds. The molecule has 0 unspecified atom stereocenters. The molecular weight excluding hydrogens is 264 g/mol. The average Bonchev–Trinajstić information content (AvgIpc) is 3.07. The van der Waals surface area contributed by atoms with E-state index in [2.05, 4.69) is 29.9 Å². The van der Waals surface area contributed by atoms with E-state index in [1.54, 1.807) is 0 Å². The fourth-order valence-corrected chi connectivity index (χ4v) is 2.75. The van der Waals surface area contributed by atoms with Gasteiger partial charge in [0.05, 0.1) is 12.2 Å². The number of hydrogen-bond acceptors (Lipinski definition) is 8. The molecule has 1 fully saturated rings. The second-order valence-corrected chi connectivity index (χ2v) is 5.20. The van der Waals surface area contributed by atoms with E-state index in [0.717, 1.165) is 55.5 Å². The van der Waals surface area contributed by atoms with Gasteiger partial charge in [0.25, 0.3) is 5.89 Å². The molecule has 0 atom stereocenters. The Labute approximate surface area is 115 Å². The monoisotopic (exact) mass is 280 g/mol. The summed E-state index contributed by atoms with van der Waals surface area (Å²) in [5, 5.41) is 11.4. The fourth-order valence-electron chi connectivity index (χ4n) is 2.08. The zero-order chi connectivity index (χ0) is 13.1. The van der Waals surface area contributed by atoms with Gasteiger partial charge < -0.3 is 9.84 Å². The van der Waals surface area contributed by atoms with Crippen molar-refractivity contribution in [3.05, 3.63) is 11.5 Å². The maximum atomic E-state index is 5.32. The highest BCUT2D eigenvalue weighted by Crippen LogP contribution is 2.24. The zero-order valence-electron chi connectivity index (χ0n) is 10.8. The van der Waals surface area contributed by atoms with Crippen molar-refractivity contribution < 1.29 is 4.52 Å². The predicted octanol–water partition coefficient (Wildman–Crippen LogP) is 0.556. The molecule has 0 bridgehead atoms. The van der Waals surface area contributed by atoms with Crippen molar-refractivity contribution in [3.63, 3.8) is 0 Å². The molecule has 2 aromatic heterocycles. The minimum absolute atomic E-state index is 0.539. The number of aromatic nitrogens is 4. The van der Waals surface area contributed by atoms with Crippen LogP contribution in [0.5, 0.6) is 0 Å². The quantitative estimate of drug-likeness (QED) is 0.876. The van der Waals surface area contributed by atoms with E-state index < -0.39 is 0 Å². The number of hydrogen-bond donors (Lipinski definition) is 1. The minimum atomic E-state index is 0.539. The molecule has 3 heterocycles. The maximum absolute atomic E-state index is 5.32. The standard InChI is InChI=1S/C11H16N6OS/c1-2-8-10(19-16-14-8)11-13-9(15-18-11)7-17-5-3-12-4-6-17/h12H,2-7H2,1H3. The van der Waals surface area contributed by atoms with E-state index in [1.165, 1.54) is 11.5 Å². The number of rotatable bonds is 4. The highest BCUT2D eigenvalue weighted by molar-refractivity contribution is 7.09. The molecule has 0 spiro atoms. The van der Waals surface area contributed by atoms with E-state index >= 15 is 0 Å². The van der Waals surface area contributed by atoms with Crippen molar-refractivity contribution in [1.29, 1.82) is 0 Å². The lowest BCUT2D eigenvalue weighted by molar-refractivity contribution is 0.225. The lowest BCUT2D eigenvalue weighted by Crippen LogP contribution is -2.43. The van der Waals surface area contributed by atoms with Crippen molar-refractivity contribution in [1.82, 2.24) is 29.9 Å². The molecule has 0 aromatic carbocycles. The van der Waals surface area contributed by atoms with Gasteiger partial charge in [0.15, 0.2) is 5.82 Å². The molecule has 1 saturated heterocycles. The smallest absolute Gasteiger partial charge is 0.271 e. The van der Waals surface area contributed by atoms with Gasteiger partial charge in [-0.3, -0.25) is 4.90 Å². The molecule has 8 heteroatoms. The Morgan fingerprint density at radius 2 is 2.21 bits per heavy atom. The van der Waals surface area contributed by atoms with Crippen LogP contribution in [0.25, 0.3) is 10.8 Å². The van der Waals surface area contributed by atoms with Crippen molar-refractivity contribution in [2.45, 2.75) is 19.9 Å². The molecule has 7 nitrogen and oxygen atoms in total. The van der Waals surface area contributed by atoms with Crippen LogP contribution in [0.2, 0.25) is 0 Å². The maximum Gasteiger partial charge on any atom is 0.271 e. The number of nitrogens with zero attached hydrogens (tertiary/aromatic N) is 5. The number of piperazine rings is 1. The fraction of sp³-hybridized carbons (Fsp3) is 0.636. The third kappa shape index (κ3) is 2.80. The van der Waals surface area contributed by atoms with Gasteiger partial charge in [-0.05, 0) is 18.0 Å². The van der Waals surface area contributed by atoms with Gasteiger partial charge >= 0.3 is 0 Å². The normalized spacial score (nSPS) is 16.9. The lowest BCUT2D eigenvalue weighted by atomic mass is 10.3. The Hall–Kier alpha value is -1.38. The average molecular weight is 280 g/mol. The van der Waals surface area contributed by atoms with Crippen molar-refractivity contribution in [3.8, 4) is 10.8 Å². The topological polar surface area (TPSA) is 80.0 Å². The van der Waals surface area contributed by atoms with E-state index in [-0.39, 0.29) is 0 Å². The zero-order valence-corrected chi connectivity index (χ0v) is 11.6. The van der Waals surface area contributed by atoms with Crippen LogP contribution in [0.4, 0.5) is 0 Å². The van der Waals surface area contributed by atoms with Crippen LogP contribution in [0.1, 0.15) is 18.4 Å². The molecule has 2 aromatic rings. The summed E-state index contributed by atoms with van der Waals surface area (Å²) in [5.74, 6) is 1.27. The van der Waals surface area contributed by atoms with Crippen LogP contribution < -0.4 is 5.32 Å². The molecule has 0 radical (unpaired) electrons. The number of nitrogens with one attached hydrogen (secondary N) is 1. The highest BCUT2D eigenvalue weighted by atomic mass is 32.1. The van der Waals surface area contributed by atoms with Gasteiger partial charge in [-0.1, -0.05) is 16.6 Å². The van der Waals surface area contributed by atoms with Crippen molar-refractivity contribution >= 4 is 11.5 Å². The summed E-state index contributed by atoms with van der Waals surface area (Å²) in [6.45, 7) is 6.85. The molecule has 1 aliphatic heterocycles. The number of aryl methyl sites for hydroxylation is 1. The Morgan fingerprint density at radius 3 is 3.00 bits per heavy atom. The summed E-state index contributed by atoms with van der Waals surface area (Å²) in [7, 11) is 0. The van der Waals surface area contributed by atoms with Gasteiger partial charge in [-0.25, -0.2) is 0 Å². The van der Waals surface area contributed by atoms with Crippen LogP contribution in [0.15, 0.2) is 4.52 Å². The van der Waals surface area contributed by atoms with Gasteiger partial charge in [0.2, 0.25) is 0 Å². The van der Waals surface area contributed by atoms with Crippen LogP contribution in [0, 0.1) is 0 Å². The first-order valence-corrected chi connectivity index (χ1v) is 7.21. The van der Waals surface area contributed by atoms with E-state index in [4.69, 9.17) is 4.52 Å². The van der Waals surface area contributed by atoms with Gasteiger partial charge in [0.1, 0.15) is 4.88 Å². The van der Waals surface area contributed by atoms with Crippen LogP contribution in [-0.2, 0) is 13.0 Å². The molecule has 0 saturated carbocycles. The Bertz CT molecular complexity index is 533. The van der Waals surface area contributed by atoms with Crippen LogP contribution in [-0.4, -0.2) is 50.8 Å². The Kier molecular flexibility index (Phi) is 3.81. The van der Waals surface area contributed by atoms with E-state index in [1.807, 2.05) is 6.92 Å². The van der Waals surface area contributed by atoms with Crippen molar-refractivity contribution in [2.75, 3.05) is 26.2 Å². The van der Waals surface area contributed by atoms with Gasteiger partial charge in [-0.15, -0.1) is 5.10 Å². The predicted molar refractivity (Wildman–Crippen MR) is 70.7 cm³/mol. The lowest BCUT2D eigenvalue weighted by Gasteiger charge is -2.25. The molecule has 3 rings (SSSR count). The summed E-state index contributed by atoms with van der Waals surface area (Å²) in [6, 6.07) is 0. The highest BCUT2D eigenvalue weighted by Gasteiger charge is 2.18. The molecular formula is C11H16N6OS. The Morgan fingerprint density at radius 1 is 1.37 bits per heavy atom. The largest absolute Gasteiger partial charge is 0.333 e. The van der Waals surface area contributed by atoms with Gasteiger partial charge in [0, 0.05) is 26.2 Å². The molecule has 1 N–H and O–H groups in total. The summed E-state index contributed by atoms with van der Waals surface area (Å²) >= 11 is 1.31. The second-order valence-electron chi connectivity index (χ2n) is 4.44. The second kappa shape index (κ2) is 5.72. The van der Waals surface area contributed by atoms with Crippen molar-refractivity contribution in [2.24, 2.45) is 0 Å². The van der Waals surface area contributed by atoms with Crippen LogP contribution in [0.3, 0.4) is 0 Å². The third-order valence-corrected chi connectivity index (χ3v) is 3.88. The summed E-state index contributed by atoms with van der Waals surface area (Å²) in [6.07, 6.45) is 0.821. The molecule has 102 valence electrons. The molecule has 1 aliphatic rings. The minimum Gasteiger partial charge on any atom is -0.333 e. The van der Waals surface area contributed by atoms with E-state index in [9.17, 15) is 0 Å². The van der Waals surface area contributed by atoms with Crippen LogP contribution >= 0.6 is 11.5 Å². The summed E-state index contributed by atoms with van der Waals surface area (Å²) in [5.41, 5.74) is 0.919. The summed E-state index contributed by atoms with van der Waals surface area (Å²) in [4.78, 5) is 7.65. The Balaban J connectivity index is 1.72. The first-order valence-electron chi connectivity index (χ1n) is 6.44. The first kappa shape index (κ1) is 12.6. The SMILES string of the molecule is CCc1nnsc1-c1nc(CN2CCNCC2)no1. The first-order chi connectivity index (χ1) is 9.36. The molecule has 19 heavy (non-hydrogen) atoms. The third-order valence-electron chi connectivity index (χ3n) is 3.13. The summed E-state index contributed by atoms with van der Waals surface area (Å²) < 4.78 is 9.26. The van der Waals surface area contributed by atoms with E-state index in [0.29, 0.717) is 5.89 Å². The van der Waals surface area contributed by atoms with Gasteiger partial charge in [-0.2, -0.15) is 4.98 Å².